The van der Waals surface area contributed by atoms with Crippen LogP contribution in [0.25, 0.3) is 0 Å². The van der Waals surface area contributed by atoms with Crippen molar-refractivity contribution in [1.29, 1.82) is 0 Å². The molecule has 4 heteroatoms. The van der Waals surface area contributed by atoms with E-state index >= 15 is 0 Å². The number of aliphatic hydroxyl groups excluding tert-OH is 1. The monoisotopic (exact) mass is 230 g/mol. The summed E-state index contributed by atoms with van der Waals surface area (Å²) in [5, 5.41) is 25.4. The van der Waals surface area contributed by atoms with Crippen molar-refractivity contribution >= 4 is 0 Å². The van der Waals surface area contributed by atoms with Crippen LogP contribution >= 0.6 is 0 Å². The van der Waals surface area contributed by atoms with Crippen molar-refractivity contribution in [1.82, 2.24) is 10.6 Å². The van der Waals surface area contributed by atoms with Gasteiger partial charge in [0.25, 0.3) is 0 Å². The predicted molar refractivity (Wildman–Crippen MR) is 65.4 cm³/mol. The summed E-state index contributed by atoms with van der Waals surface area (Å²) >= 11 is 0. The van der Waals surface area contributed by atoms with E-state index in [9.17, 15) is 5.11 Å². The molecule has 16 heavy (non-hydrogen) atoms. The predicted octanol–water partition coefficient (Wildman–Crippen LogP) is 0.240. The second-order valence-corrected chi connectivity index (χ2v) is 5.32. The van der Waals surface area contributed by atoms with Gasteiger partial charge in [0.2, 0.25) is 0 Å². The Labute approximate surface area is 98.4 Å². The van der Waals surface area contributed by atoms with Crippen LogP contribution < -0.4 is 10.6 Å². The zero-order chi connectivity index (χ0) is 12.0. The van der Waals surface area contributed by atoms with E-state index in [1.807, 2.05) is 0 Å². The van der Waals surface area contributed by atoms with E-state index in [2.05, 4.69) is 17.6 Å². The third-order valence-corrected chi connectivity index (χ3v) is 3.22. The van der Waals surface area contributed by atoms with Gasteiger partial charge in [-0.1, -0.05) is 6.42 Å². The molecule has 0 spiro atoms. The third kappa shape index (κ3) is 5.25. The number of hydrogen-bond donors (Lipinski definition) is 4. The molecule has 3 unspecified atom stereocenters. The van der Waals surface area contributed by atoms with Crippen LogP contribution in [0.1, 0.15) is 39.5 Å². The highest BCUT2D eigenvalue weighted by atomic mass is 16.3. The summed E-state index contributed by atoms with van der Waals surface area (Å²) in [5.41, 5.74) is -1.01. The molecule has 1 fully saturated rings. The molecule has 1 saturated heterocycles. The van der Waals surface area contributed by atoms with Crippen LogP contribution in [-0.4, -0.2) is 47.6 Å². The van der Waals surface area contributed by atoms with Crippen molar-refractivity contribution in [2.45, 2.75) is 57.2 Å². The second-order valence-electron chi connectivity index (χ2n) is 5.32. The highest BCUT2D eigenvalue weighted by Crippen LogP contribution is 2.12. The van der Waals surface area contributed by atoms with Gasteiger partial charge in [0.1, 0.15) is 0 Å². The van der Waals surface area contributed by atoms with Crippen LogP contribution in [0.15, 0.2) is 0 Å². The standard InChI is InChI=1S/C12H26N2O2/c1-10(14-8-12(2,16)9-15)7-11-5-3-4-6-13-11/h10-11,13-16H,3-9H2,1-2H3. The SMILES string of the molecule is CC(CC1CCCCN1)NCC(C)(O)CO. The lowest BCUT2D eigenvalue weighted by atomic mass is 9.98. The molecule has 0 bridgehead atoms. The average molecular weight is 230 g/mol. The van der Waals surface area contributed by atoms with E-state index in [0.717, 1.165) is 13.0 Å². The topological polar surface area (TPSA) is 64.5 Å². The van der Waals surface area contributed by atoms with Gasteiger partial charge in [-0.2, -0.15) is 0 Å². The van der Waals surface area contributed by atoms with Crippen molar-refractivity contribution in [2.75, 3.05) is 19.7 Å². The smallest absolute Gasteiger partial charge is 0.0972 e. The Morgan fingerprint density at radius 3 is 2.81 bits per heavy atom. The minimum Gasteiger partial charge on any atom is -0.393 e. The molecule has 1 heterocycles. The lowest BCUT2D eigenvalue weighted by Crippen LogP contribution is -2.46. The lowest BCUT2D eigenvalue weighted by molar-refractivity contribution is 0.000689. The molecule has 1 aliphatic heterocycles. The quantitative estimate of drug-likeness (QED) is 0.528. The summed E-state index contributed by atoms with van der Waals surface area (Å²) in [5.74, 6) is 0. The first-order valence-electron chi connectivity index (χ1n) is 6.33. The molecule has 0 aliphatic carbocycles. The third-order valence-electron chi connectivity index (χ3n) is 3.22. The van der Waals surface area contributed by atoms with E-state index in [-0.39, 0.29) is 6.61 Å². The lowest BCUT2D eigenvalue weighted by Gasteiger charge is -2.28. The number of rotatable bonds is 6. The van der Waals surface area contributed by atoms with Gasteiger partial charge in [-0.05, 0) is 39.7 Å². The molecular formula is C12H26N2O2. The molecule has 0 aromatic rings. The van der Waals surface area contributed by atoms with E-state index in [0.29, 0.717) is 18.6 Å². The van der Waals surface area contributed by atoms with E-state index in [1.54, 1.807) is 6.92 Å². The van der Waals surface area contributed by atoms with Gasteiger partial charge in [-0.25, -0.2) is 0 Å². The molecule has 1 aliphatic rings. The first-order valence-corrected chi connectivity index (χ1v) is 6.33. The maximum atomic E-state index is 9.65. The van der Waals surface area contributed by atoms with E-state index in [1.165, 1.54) is 19.3 Å². The normalized spacial score (nSPS) is 27.4. The number of nitrogens with one attached hydrogen (secondary N) is 2. The van der Waals surface area contributed by atoms with Crippen LogP contribution in [0.5, 0.6) is 0 Å². The van der Waals surface area contributed by atoms with Crippen LogP contribution in [0, 0.1) is 0 Å². The fourth-order valence-electron chi connectivity index (χ4n) is 2.09. The van der Waals surface area contributed by atoms with E-state index < -0.39 is 5.60 Å². The van der Waals surface area contributed by atoms with Gasteiger partial charge in [0.05, 0.1) is 12.2 Å². The number of piperidine rings is 1. The summed E-state index contributed by atoms with van der Waals surface area (Å²) in [4.78, 5) is 0. The molecule has 0 aromatic heterocycles. The summed E-state index contributed by atoms with van der Waals surface area (Å²) in [6.07, 6.45) is 4.94. The summed E-state index contributed by atoms with van der Waals surface area (Å²) < 4.78 is 0. The molecule has 4 N–H and O–H groups in total. The summed E-state index contributed by atoms with van der Waals surface area (Å²) in [7, 11) is 0. The number of hydrogen-bond acceptors (Lipinski definition) is 4. The van der Waals surface area contributed by atoms with Crippen molar-refractivity contribution < 1.29 is 10.2 Å². The fourth-order valence-corrected chi connectivity index (χ4v) is 2.09. The van der Waals surface area contributed by atoms with Crippen LogP contribution in [0.2, 0.25) is 0 Å². The summed E-state index contributed by atoms with van der Waals surface area (Å²) in [6.45, 7) is 5.15. The van der Waals surface area contributed by atoms with Gasteiger partial charge < -0.3 is 20.8 Å². The molecule has 96 valence electrons. The molecular weight excluding hydrogens is 204 g/mol. The second kappa shape index (κ2) is 6.55. The van der Waals surface area contributed by atoms with Crippen LogP contribution in [0.4, 0.5) is 0 Å². The first-order chi connectivity index (χ1) is 7.53. The average Bonchev–Trinajstić information content (AvgIpc) is 2.28. The Hall–Kier alpha value is -0.160. The Bertz CT molecular complexity index is 191. The van der Waals surface area contributed by atoms with E-state index in [4.69, 9.17) is 5.11 Å². The van der Waals surface area contributed by atoms with Crippen LogP contribution in [0.3, 0.4) is 0 Å². The maximum Gasteiger partial charge on any atom is 0.0972 e. The zero-order valence-electron chi connectivity index (χ0n) is 10.5. The fraction of sp³-hybridized carbons (Fsp3) is 1.00. The Morgan fingerprint density at radius 1 is 1.50 bits per heavy atom. The first kappa shape index (κ1) is 13.9. The van der Waals surface area contributed by atoms with Gasteiger partial charge >= 0.3 is 0 Å². The molecule has 0 aromatic carbocycles. The van der Waals surface area contributed by atoms with Gasteiger partial charge in [0.15, 0.2) is 0 Å². The largest absolute Gasteiger partial charge is 0.393 e. The van der Waals surface area contributed by atoms with Gasteiger partial charge in [-0.3, -0.25) is 0 Å². The van der Waals surface area contributed by atoms with Gasteiger partial charge in [-0.15, -0.1) is 0 Å². The summed E-state index contributed by atoms with van der Waals surface area (Å²) in [6, 6.07) is 0.976. The highest BCUT2D eigenvalue weighted by Gasteiger charge is 2.21. The maximum absolute atomic E-state index is 9.65. The molecule has 4 nitrogen and oxygen atoms in total. The van der Waals surface area contributed by atoms with Crippen LogP contribution in [-0.2, 0) is 0 Å². The van der Waals surface area contributed by atoms with Crippen molar-refractivity contribution in [2.24, 2.45) is 0 Å². The van der Waals surface area contributed by atoms with Crippen molar-refractivity contribution in [3.05, 3.63) is 0 Å². The molecule has 1 rings (SSSR count). The van der Waals surface area contributed by atoms with Crippen molar-refractivity contribution in [3.63, 3.8) is 0 Å². The van der Waals surface area contributed by atoms with Gasteiger partial charge in [0, 0.05) is 18.6 Å². The zero-order valence-corrected chi connectivity index (χ0v) is 10.5. The number of aliphatic hydroxyl groups is 2. The molecule has 3 atom stereocenters. The van der Waals surface area contributed by atoms with Crippen molar-refractivity contribution in [3.8, 4) is 0 Å². The minimum atomic E-state index is -1.01. The Kier molecular flexibility index (Phi) is 5.69. The minimum absolute atomic E-state index is 0.200. The molecule has 0 amide bonds. The highest BCUT2D eigenvalue weighted by molar-refractivity contribution is 4.80. The molecule has 0 saturated carbocycles. The Balaban J connectivity index is 2.17. The Morgan fingerprint density at radius 2 is 2.25 bits per heavy atom. The molecule has 0 radical (unpaired) electrons.